The highest BCUT2D eigenvalue weighted by Crippen LogP contribution is 2.30. The number of aliphatic hydroxyl groups excluding tert-OH is 1. The molecule has 4 heteroatoms. The summed E-state index contributed by atoms with van der Waals surface area (Å²) in [5, 5.41) is 18.7. The van der Waals surface area contributed by atoms with Crippen molar-refractivity contribution in [2.75, 3.05) is 24.7 Å². The predicted octanol–water partition coefficient (Wildman–Crippen LogP) is 2.13. The Morgan fingerprint density at radius 1 is 1.47 bits per heavy atom. The topological polar surface area (TPSA) is 49.7 Å². The number of benzene rings is 1. The van der Waals surface area contributed by atoms with E-state index in [1.807, 2.05) is 17.8 Å². The number of ether oxygens (including phenoxy) is 1. The van der Waals surface area contributed by atoms with Gasteiger partial charge in [0.05, 0.1) is 6.61 Å². The van der Waals surface area contributed by atoms with Crippen molar-refractivity contribution in [3.8, 4) is 11.5 Å². The maximum absolute atomic E-state index is 9.38. The molecule has 3 nitrogen and oxygen atoms in total. The van der Waals surface area contributed by atoms with Gasteiger partial charge in [0.15, 0.2) is 0 Å². The minimum Gasteiger partial charge on any atom is -0.508 e. The zero-order chi connectivity index (χ0) is 12.1. The van der Waals surface area contributed by atoms with E-state index in [-0.39, 0.29) is 18.3 Å². The maximum atomic E-state index is 9.38. The molecule has 0 saturated carbocycles. The van der Waals surface area contributed by atoms with E-state index >= 15 is 0 Å². The molecule has 0 aromatic heterocycles. The molecule has 0 bridgehead atoms. The summed E-state index contributed by atoms with van der Waals surface area (Å²) in [7, 11) is 0. The molecule has 2 rings (SSSR count). The number of hydrogen-bond donors (Lipinski definition) is 2. The van der Waals surface area contributed by atoms with E-state index in [1.165, 1.54) is 12.2 Å². The average Bonchev–Trinajstić information content (AvgIpc) is 2.84. The highest BCUT2D eigenvalue weighted by molar-refractivity contribution is 7.99. The molecule has 2 unspecified atom stereocenters. The van der Waals surface area contributed by atoms with Gasteiger partial charge in [0.1, 0.15) is 11.5 Å². The summed E-state index contributed by atoms with van der Waals surface area (Å²) in [6, 6.07) is 6.78. The number of hydrogen-bond acceptors (Lipinski definition) is 4. The van der Waals surface area contributed by atoms with Gasteiger partial charge in [-0.25, -0.2) is 0 Å². The Hall–Kier alpha value is -0.870. The van der Waals surface area contributed by atoms with E-state index in [0.29, 0.717) is 18.3 Å². The molecule has 0 radical (unpaired) electrons. The second-order valence-corrected chi connectivity index (χ2v) is 5.52. The fourth-order valence-corrected chi connectivity index (χ4v) is 3.42. The Morgan fingerprint density at radius 2 is 2.35 bits per heavy atom. The Bertz CT molecular complexity index is 350. The van der Waals surface area contributed by atoms with Crippen molar-refractivity contribution < 1.29 is 14.9 Å². The summed E-state index contributed by atoms with van der Waals surface area (Å²) >= 11 is 1.94. The lowest BCUT2D eigenvalue weighted by molar-refractivity contribution is 0.126. The Kier molecular flexibility index (Phi) is 4.57. The van der Waals surface area contributed by atoms with Crippen LogP contribution in [-0.4, -0.2) is 34.9 Å². The third-order valence-electron chi connectivity index (χ3n) is 3.15. The first-order valence-electron chi connectivity index (χ1n) is 5.90. The number of aromatic hydroxyl groups is 1. The molecule has 2 atom stereocenters. The molecule has 17 heavy (non-hydrogen) atoms. The summed E-state index contributed by atoms with van der Waals surface area (Å²) in [6.45, 7) is 0.690. The third-order valence-corrected chi connectivity index (χ3v) is 4.34. The van der Waals surface area contributed by atoms with Crippen molar-refractivity contribution in [3.05, 3.63) is 24.3 Å². The normalized spacial score (nSPS) is 21.4. The smallest absolute Gasteiger partial charge is 0.122 e. The highest BCUT2D eigenvalue weighted by Gasteiger charge is 2.25. The van der Waals surface area contributed by atoms with Crippen molar-refractivity contribution in [3.63, 3.8) is 0 Å². The molecule has 1 fully saturated rings. The van der Waals surface area contributed by atoms with Crippen LogP contribution in [0.15, 0.2) is 24.3 Å². The van der Waals surface area contributed by atoms with Crippen molar-refractivity contribution in [1.82, 2.24) is 0 Å². The first kappa shape index (κ1) is 12.6. The van der Waals surface area contributed by atoms with Gasteiger partial charge < -0.3 is 14.9 Å². The molecule has 0 amide bonds. The van der Waals surface area contributed by atoms with Gasteiger partial charge in [-0.1, -0.05) is 6.07 Å². The van der Waals surface area contributed by atoms with E-state index in [0.717, 1.165) is 5.75 Å². The molecule has 1 aliphatic heterocycles. The van der Waals surface area contributed by atoms with Gasteiger partial charge in [-0.2, -0.15) is 11.8 Å². The lowest BCUT2D eigenvalue weighted by Crippen LogP contribution is -2.25. The second-order valence-electron chi connectivity index (χ2n) is 4.37. The van der Waals surface area contributed by atoms with Crippen LogP contribution in [0.25, 0.3) is 0 Å². The SMILES string of the molecule is OCC(COc1cccc(O)c1)C1CCSC1. The molecular weight excluding hydrogens is 236 g/mol. The molecule has 1 heterocycles. The largest absolute Gasteiger partial charge is 0.508 e. The fourth-order valence-electron chi connectivity index (χ4n) is 2.04. The molecule has 1 aliphatic rings. The Morgan fingerprint density at radius 3 is 3.00 bits per heavy atom. The average molecular weight is 254 g/mol. The quantitative estimate of drug-likeness (QED) is 0.845. The molecule has 1 aromatic carbocycles. The van der Waals surface area contributed by atoms with Crippen LogP contribution >= 0.6 is 11.8 Å². The number of phenols is 1. The molecule has 1 saturated heterocycles. The van der Waals surface area contributed by atoms with Gasteiger partial charge in [-0.05, 0) is 36.0 Å². The van der Waals surface area contributed by atoms with Crippen LogP contribution < -0.4 is 4.74 Å². The number of phenolic OH excluding ortho intramolecular Hbond substituents is 1. The van der Waals surface area contributed by atoms with Crippen LogP contribution in [0, 0.1) is 11.8 Å². The van der Waals surface area contributed by atoms with Gasteiger partial charge in [-0.15, -0.1) is 0 Å². The number of thioether (sulfide) groups is 1. The standard InChI is InChI=1S/C13H18O3S/c14-7-11(10-4-5-17-9-10)8-16-13-3-1-2-12(15)6-13/h1-3,6,10-11,14-15H,4-5,7-9H2. The molecular formula is C13H18O3S. The summed E-state index contributed by atoms with van der Waals surface area (Å²) in [5.41, 5.74) is 0. The summed E-state index contributed by atoms with van der Waals surface area (Å²) in [5.74, 6) is 3.94. The van der Waals surface area contributed by atoms with Gasteiger partial charge in [0, 0.05) is 18.6 Å². The maximum Gasteiger partial charge on any atom is 0.122 e. The predicted molar refractivity (Wildman–Crippen MR) is 69.6 cm³/mol. The van der Waals surface area contributed by atoms with E-state index in [2.05, 4.69) is 0 Å². The van der Waals surface area contributed by atoms with Crippen molar-refractivity contribution in [1.29, 1.82) is 0 Å². The van der Waals surface area contributed by atoms with Gasteiger partial charge in [0.25, 0.3) is 0 Å². The molecule has 1 aromatic rings. The van der Waals surface area contributed by atoms with E-state index in [4.69, 9.17) is 4.74 Å². The van der Waals surface area contributed by atoms with E-state index in [9.17, 15) is 10.2 Å². The summed E-state index contributed by atoms with van der Waals surface area (Å²) in [6.07, 6.45) is 1.17. The monoisotopic (exact) mass is 254 g/mol. The van der Waals surface area contributed by atoms with E-state index < -0.39 is 0 Å². The Labute approximate surface area is 106 Å². The summed E-state index contributed by atoms with van der Waals surface area (Å²) in [4.78, 5) is 0. The lowest BCUT2D eigenvalue weighted by atomic mass is 9.93. The molecule has 2 N–H and O–H groups in total. The van der Waals surface area contributed by atoms with Crippen molar-refractivity contribution >= 4 is 11.8 Å². The van der Waals surface area contributed by atoms with Crippen molar-refractivity contribution in [2.45, 2.75) is 6.42 Å². The van der Waals surface area contributed by atoms with Crippen LogP contribution in [0.1, 0.15) is 6.42 Å². The number of rotatable bonds is 5. The molecule has 0 aliphatic carbocycles. The highest BCUT2D eigenvalue weighted by atomic mass is 32.2. The van der Waals surface area contributed by atoms with Crippen LogP contribution in [-0.2, 0) is 0 Å². The molecule has 94 valence electrons. The van der Waals surface area contributed by atoms with Crippen molar-refractivity contribution in [2.24, 2.45) is 11.8 Å². The fraction of sp³-hybridized carbons (Fsp3) is 0.538. The second kappa shape index (κ2) is 6.17. The zero-order valence-electron chi connectivity index (χ0n) is 9.71. The van der Waals surface area contributed by atoms with Crippen LogP contribution in [0.5, 0.6) is 11.5 Å². The minimum absolute atomic E-state index is 0.171. The van der Waals surface area contributed by atoms with Crippen LogP contribution in [0.4, 0.5) is 0 Å². The summed E-state index contributed by atoms with van der Waals surface area (Å²) < 4.78 is 5.62. The number of aliphatic hydroxyl groups is 1. The molecule has 0 spiro atoms. The van der Waals surface area contributed by atoms with Gasteiger partial charge in [0.2, 0.25) is 0 Å². The first-order chi connectivity index (χ1) is 8.29. The van der Waals surface area contributed by atoms with Crippen LogP contribution in [0.2, 0.25) is 0 Å². The van der Waals surface area contributed by atoms with Crippen LogP contribution in [0.3, 0.4) is 0 Å². The van der Waals surface area contributed by atoms with E-state index in [1.54, 1.807) is 18.2 Å². The Balaban J connectivity index is 1.87. The first-order valence-corrected chi connectivity index (χ1v) is 7.05. The lowest BCUT2D eigenvalue weighted by Gasteiger charge is -2.20. The van der Waals surface area contributed by atoms with Gasteiger partial charge >= 0.3 is 0 Å². The minimum atomic E-state index is 0.171. The zero-order valence-corrected chi connectivity index (χ0v) is 10.5. The van der Waals surface area contributed by atoms with Gasteiger partial charge in [-0.3, -0.25) is 0 Å². The third kappa shape index (κ3) is 3.54.